The lowest BCUT2D eigenvalue weighted by molar-refractivity contribution is -0.131. The molecule has 0 atom stereocenters. The molecule has 3 aliphatic rings. The Bertz CT molecular complexity index is 629. The second kappa shape index (κ2) is 6.99. The number of nitrogens with zero attached hydrogens (tertiary/aromatic N) is 5. The summed E-state index contributed by atoms with van der Waals surface area (Å²) in [5, 5.41) is 4.67. The maximum Gasteiger partial charge on any atom is 0.410 e. The molecule has 9 nitrogen and oxygen atoms in total. The molecular formula is C16H23N5O4. The van der Waals surface area contributed by atoms with Crippen LogP contribution in [-0.4, -0.2) is 82.6 Å². The SMILES string of the molecule is O=C(CN1CCOC1=O)N1CCc2nc(C3CCOCC3)nn2CC1. The third kappa shape index (κ3) is 3.46. The Hall–Kier alpha value is -2.16. The molecule has 0 aliphatic carbocycles. The van der Waals surface area contributed by atoms with Gasteiger partial charge in [-0.3, -0.25) is 9.69 Å². The van der Waals surface area contributed by atoms with Crippen LogP contribution in [0.25, 0.3) is 0 Å². The average Bonchev–Trinajstić information content (AvgIpc) is 3.17. The molecule has 0 unspecified atom stereocenters. The van der Waals surface area contributed by atoms with Crippen LogP contribution in [0.15, 0.2) is 0 Å². The molecule has 2 saturated heterocycles. The van der Waals surface area contributed by atoms with Crippen LogP contribution >= 0.6 is 0 Å². The molecule has 4 heterocycles. The maximum absolute atomic E-state index is 12.5. The van der Waals surface area contributed by atoms with Crippen LogP contribution in [0.5, 0.6) is 0 Å². The summed E-state index contributed by atoms with van der Waals surface area (Å²) in [5.74, 6) is 2.19. The molecule has 2 amide bonds. The Labute approximate surface area is 145 Å². The lowest BCUT2D eigenvalue weighted by Crippen LogP contribution is -2.42. The number of rotatable bonds is 3. The van der Waals surface area contributed by atoms with E-state index in [1.165, 1.54) is 4.90 Å². The molecule has 136 valence electrons. The lowest BCUT2D eigenvalue weighted by atomic mass is 10.00. The molecule has 0 aromatic carbocycles. The molecule has 3 aliphatic heterocycles. The Morgan fingerprint density at radius 1 is 1.12 bits per heavy atom. The summed E-state index contributed by atoms with van der Waals surface area (Å²) in [6, 6.07) is 0. The van der Waals surface area contributed by atoms with Crippen LogP contribution in [0.3, 0.4) is 0 Å². The minimum absolute atomic E-state index is 0.0470. The molecule has 1 aromatic rings. The first-order valence-electron chi connectivity index (χ1n) is 8.91. The molecule has 1 aromatic heterocycles. The van der Waals surface area contributed by atoms with Gasteiger partial charge < -0.3 is 14.4 Å². The van der Waals surface area contributed by atoms with Gasteiger partial charge in [0.15, 0.2) is 5.82 Å². The van der Waals surface area contributed by atoms with Crippen molar-refractivity contribution in [1.82, 2.24) is 24.6 Å². The first-order valence-corrected chi connectivity index (χ1v) is 8.91. The van der Waals surface area contributed by atoms with Crippen LogP contribution in [0.2, 0.25) is 0 Å². The minimum Gasteiger partial charge on any atom is -0.448 e. The fourth-order valence-electron chi connectivity index (χ4n) is 3.53. The summed E-state index contributed by atoms with van der Waals surface area (Å²) in [6.45, 7) is 4.31. The molecule has 4 rings (SSSR count). The third-order valence-corrected chi connectivity index (χ3v) is 5.06. The number of fused-ring (bicyclic) bond motifs is 1. The standard InChI is InChI=1S/C16H23N5O4/c22-14(11-20-7-10-25-16(20)23)19-4-1-13-17-15(18-21(13)6-5-19)12-2-8-24-9-3-12/h12H,1-11H2. The van der Waals surface area contributed by atoms with Crippen LogP contribution < -0.4 is 0 Å². The molecule has 0 radical (unpaired) electrons. The summed E-state index contributed by atoms with van der Waals surface area (Å²) in [4.78, 5) is 31.9. The van der Waals surface area contributed by atoms with E-state index >= 15 is 0 Å². The van der Waals surface area contributed by atoms with Crippen molar-refractivity contribution in [2.45, 2.75) is 31.7 Å². The van der Waals surface area contributed by atoms with Gasteiger partial charge in [-0.1, -0.05) is 0 Å². The molecule has 0 saturated carbocycles. The van der Waals surface area contributed by atoms with E-state index in [-0.39, 0.29) is 12.5 Å². The van der Waals surface area contributed by atoms with Crippen molar-refractivity contribution in [2.75, 3.05) is 46.0 Å². The van der Waals surface area contributed by atoms with E-state index in [1.54, 1.807) is 4.90 Å². The zero-order valence-electron chi connectivity index (χ0n) is 14.2. The molecule has 0 bridgehead atoms. The van der Waals surface area contributed by atoms with E-state index in [1.807, 2.05) is 4.68 Å². The smallest absolute Gasteiger partial charge is 0.410 e. The number of hydrogen-bond donors (Lipinski definition) is 0. The highest BCUT2D eigenvalue weighted by Crippen LogP contribution is 2.25. The fourth-order valence-corrected chi connectivity index (χ4v) is 3.53. The van der Waals surface area contributed by atoms with E-state index in [2.05, 4.69) is 5.10 Å². The van der Waals surface area contributed by atoms with Gasteiger partial charge in [-0.05, 0) is 12.8 Å². The highest BCUT2D eigenvalue weighted by molar-refractivity contribution is 5.82. The predicted molar refractivity (Wildman–Crippen MR) is 86.0 cm³/mol. The maximum atomic E-state index is 12.5. The number of cyclic esters (lactones) is 1. The van der Waals surface area contributed by atoms with Gasteiger partial charge in [-0.15, -0.1) is 0 Å². The van der Waals surface area contributed by atoms with E-state index in [9.17, 15) is 9.59 Å². The summed E-state index contributed by atoms with van der Waals surface area (Å²) in [6.07, 6.45) is 2.23. The highest BCUT2D eigenvalue weighted by Gasteiger charge is 2.28. The molecule has 2 fully saturated rings. The van der Waals surface area contributed by atoms with Crippen molar-refractivity contribution in [3.05, 3.63) is 11.6 Å². The molecule has 0 N–H and O–H groups in total. The number of carbonyl (C=O) groups excluding carboxylic acids is 2. The van der Waals surface area contributed by atoms with Crippen molar-refractivity contribution in [1.29, 1.82) is 0 Å². The Balaban J connectivity index is 1.36. The Morgan fingerprint density at radius 2 is 1.96 bits per heavy atom. The van der Waals surface area contributed by atoms with E-state index < -0.39 is 6.09 Å². The van der Waals surface area contributed by atoms with E-state index in [0.717, 1.165) is 37.7 Å². The summed E-state index contributed by atoms with van der Waals surface area (Å²) in [7, 11) is 0. The van der Waals surface area contributed by atoms with Crippen molar-refractivity contribution in [2.24, 2.45) is 0 Å². The van der Waals surface area contributed by atoms with Crippen molar-refractivity contribution in [3.8, 4) is 0 Å². The lowest BCUT2D eigenvalue weighted by Gasteiger charge is -2.22. The van der Waals surface area contributed by atoms with Gasteiger partial charge in [0.1, 0.15) is 19.0 Å². The number of ether oxygens (including phenoxy) is 2. The molecule has 0 spiro atoms. The fraction of sp³-hybridized carbons (Fsp3) is 0.750. The van der Waals surface area contributed by atoms with Gasteiger partial charge in [-0.25, -0.2) is 14.5 Å². The normalized spacial score (nSPS) is 21.8. The van der Waals surface area contributed by atoms with E-state index in [4.69, 9.17) is 14.5 Å². The van der Waals surface area contributed by atoms with Crippen molar-refractivity contribution < 1.29 is 19.1 Å². The monoisotopic (exact) mass is 349 g/mol. The summed E-state index contributed by atoms with van der Waals surface area (Å²) >= 11 is 0. The molecular weight excluding hydrogens is 326 g/mol. The molecule has 9 heteroatoms. The quantitative estimate of drug-likeness (QED) is 0.764. The van der Waals surface area contributed by atoms with Gasteiger partial charge in [-0.2, -0.15) is 5.10 Å². The highest BCUT2D eigenvalue weighted by atomic mass is 16.6. The van der Waals surface area contributed by atoms with Gasteiger partial charge in [0.25, 0.3) is 0 Å². The van der Waals surface area contributed by atoms with Gasteiger partial charge in [0.05, 0.1) is 13.1 Å². The minimum atomic E-state index is -0.404. The Morgan fingerprint density at radius 3 is 2.72 bits per heavy atom. The number of hydrogen-bond acceptors (Lipinski definition) is 6. The van der Waals surface area contributed by atoms with Crippen LogP contribution in [0, 0.1) is 0 Å². The average molecular weight is 349 g/mol. The molecule has 25 heavy (non-hydrogen) atoms. The first kappa shape index (κ1) is 16.3. The topological polar surface area (TPSA) is 89.8 Å². The third-order valence-electron chi connectivity index (χ3n) is 5.06. The van der Waals surface area contributed by atoms with Crippen molar-refractivity contribution >= 4 is 12.0 Å². The van der Waals surface area contributed by atoms with Gasteiger partial charge in [0, 0.05) is 38.6 Å². The van der Waals surface area contributed by atoms with Crippen LogP contribution in [0.1, 0.15) is 30.4 Å². The first-order chi connectivity index (χ1) is 12.2. The largest absolute Gasteiger partial charge is 0.448 e. The summed E-state index contributed by atoms with van der Waals surface area (Å²) in [5.41, 5.74) is 0. The van der Waals surface area contributed by atoms with Crippen molar-refractivity contribution in [3.63, 3.8) is 0 Å². The zero-order chi connectivity index (χ0) is 17.2. The second-order valence-corrected chi connectivity index (χ2v) is 6.66. The van der Waals surface area contributed by atoms with E-state index in [0.29, 0.717) is 45.1 Å². The number of carbonyl (C=O) groups is 2. The predicted octanol–water partition coefficient (Wildman–Crippen LogP) is 0.00900. The number of aromatic nitrogens is 3. The van der Waals surface area contributed by atoms with Crippen LogP contribution in [-0.2, 0) is 27.2 Å². The number of amides is 2. The zero-order valence-corrected chi connectivity index (χ0v) is 14.2. The van der Waals surface area contributed by atoms with Crippen LogP contribution in [0.4, 0.5) is 4.79 Å². The summed E-state index contributed by atoms with van der Waals surface area (Å²) < 4.78 is 12.2. The van der Waals surface area contributed by atoms with Gasteiger partial charge >= 0.3 is 6.09 Å². The second-order valence-electron chi connectivity index (χ2n) is 6.66. The Kier molecular flexibility index (Phi) is 4.56. The van der Waals surface area contributed by atoms with Gasteiger partial charge in [0.2, 0.25) is 5.91 Å².